The first-order valence-electron chi connectivity index (χ1n) is 6.97. The second-order valence-electron chi connectivity index (χ2n) is 4.81. The summed E-state index contributed by atoms with van der Waals surface area (Å²) >= 11 is 0. The number of ether oxygens (including phenoxy) is 2. The highest BCUT2D eigenvalue weighted by atomic mass is 16.5. The molecule has 1 amide bonds. The summed E-state index contributed by atoms with van der Waals surface area (Å²) in [7, 11) is 0. The lowest BCUT2D eigenvalue weighted by Gasteiger charge is -2.20. The summed E-state index contributed by atoms with van der Waals surface area (Å²) in [6, 6.07) is 7.13. The van der Waals surface area contributed by atoms with E-state index in [1.165, 1.54) is 4.90 Å². The third-order valence-electron chi connectivity index (χ3n) is 3.11. The molecule has 114 valence electrons. The van der Waals surface area contributed by atoms with Gasteiger partial charge in [-0.3, -0.25) is 9.59 Å². The molecule has 1 aliphatic carbocycles. The van der Waals surface area contributed by atoms with Crippen LogP contribution in [-0.2, 0) is 9.59 Å². The zero-order chi connectivity index (χ0) is 15.2. The number of carbonyl (C=O) groups is 2. The van der Waals surface area contributed by atoms with Crippen LogP contribution >= 0.6 is 0 Å². The van der Waals surface area contributed by atoms with E-state index in [-0.39, 0.29) is 25.1 Å². The fraction of sp³-hybridized carbons (Fsp3) is 0.467. The molecule has 1 aliphatic rings. The lowest BCUT2D eigenvalue weighted by molar-refractivity contribution is -0.145. The minimum Gasteiger partial charge on any atom is -0.490 e. The van der Waals surface area contributed by atoms with E-state index in [1.807, 2.05) is 13.0 Å². The van der Waals surface area contributed by atoms with Crippen molar-refractivity contribution >= 4 is 11.9 Å². The zero-order valence-electron chi connectivity index (χ0n) is 11.9. The molecule has 6 heteroatoms. The smallest absolute Gasteiger partial charge is 0.323 e. The Morgan fingerprint density at radius 2 is 1.86 bits per heavy atom. The standard InChI is InChI=1S/C15H19NO5/c1-2-20-12-5-3-4-6-13(12)21-10-14(17)16(9-15(18)19)11-7-8-11/h3-6,11H,2,7-10H2,1H3,(H,18,19). The van der Waals surface area contributed by atoms with Crippen molar-refractivity contribution in [3.8, 4) is 11.5 Å². The van der Waals surface area contributed by atoms with Crippen LogP contribution in [0.25, 0.3) is 0 Å². The maximum atomic E-state index is 12.1. The Kier molecular flexibility index (Phi) is 5.03. The molecule has 1 saturated carbocycles. The SMILES string of the molecule is CCOc1ccccc1OCC(=O)N(CC(=O)O)C1CC1. The molecule has 0 aliphatic heterocycles. The van der Waals surface area contributed by atoms with E-state index in [4.69, 9.17) is 14.6 Å². The largest absolute Gasteiger partial charge is 0.490 e. The van der Waals surface area contributed by atoms with E-state index < -0.39 is 5.97 Å². The van der Waals surface area contributed by atoms with E-state index in [0.717, 1.165) is 12.8 Å². The van der Waals surface area contributed by atoms with Crippen LogP contribution in [0.15, 0.2) is 24.3 Å². The molecule has 0 radical (unpaired) electrons. The zero-order valence-corrected chi connectivity index (χ0v) is 11.9. The van der Waals surface area contributed by atoms with Crippen molar-refractivity contribution in [2.45, 2.75) is 25.8 Å². The maximum Gasteiger partial charge on any atom is 0.323 e. The first kappa shape index (κ1) is 15.2. The van der Waals surface area contributed by atoms with E-state index in [9.17, 15) is 9.59 Å². The third-order valence-corrected chi connectivity index (χ3v) is 3.11. The molecule has 0 heterocycles. The average molecular weight is 293 g/mol. The van der Waals surface area contributed by atoms with Crippen LogP contribution in [0.3, 0.4) is 0 Å². The van der Waals surface area contributed by atoms with Gasteiger partial charge in [-0.05, 0) is 31.9 Å². The van der Waals surface area contributed by atoms with Gasteiger partial charge in [0.15, 0.2) is 18.1 Å². The number of rotatable bonds is 8. The van der Waals surface area contributed by atoms with Crippen molar-refractivity contribution in [1.29, 1.82) is 0 Å². The molecule has 0 bridgehead atoms. The third kappa shape index (κ3) is 4.37. The molecule has 1 aromatic rings. The number of carboxylic acids is 1. The van der Waals surface area contributed by atoms with Gasteiger partial charge in [0.1, 0.15) is 6.54 Å². The van der Waals surface area contributed by atoms with Gasteiger partial charge in [0.2, 0.25) is 0 Å². The molecule has 2 rings (SSSR count). The number of para-hydroxylation sites is 2. The van der Waals surface area contributed by atoms with Gasteiger partial charge in [0, 0.05) is 6.04 Å². The highest BCUT2D eigenvalue weighted by Crippen LogP contribution is 2.28. The highest BCUT2D eigenvalue weighted by Gasteiger charge is 2.34. The quantitative estimate of drug-likeness (QED) is 0.787. The Balaban J connectivity index is 1.95. The summed E-state index contributed by atoms with van der Waals surface area (Å²) in [5.41, 5.74) is 0. The second-order valence-corrected chi connectivity index (χ2v) is 4.81. The molecule has 1 aromatic carbocycles. The number of amides is 1. The van der Waals surface area contributed by atoms with Gasteiger partial charge >= 0.3 is 5.97 Å². The molecule has 21 heavy (non-hydrogen) atoms. The van der Waals surface area contributed by atoms with E-state index >= 15 is 0 Å². The molecule has 0 aromatic heterocycles. The van der Waals surface area contributed by atoms with Crippen LogP contribution in [0.4, 0.5) is 0 Å². The average Bonchev–Trinajstić information content (AvgIpc) is 3.28. The number of aliphatic carboxylic acids is 1. The van der Waals surface area contributed by atoms with Crippen LogP contribution in [0.2, 0.25) is 0 Å². The fourth-order valence-corrected chi connectivity index (χ4v) is 2.02. The first-order valence-corrected chi connectivity index (χ1v) is 6.97. The van der Waals surface area contributed by atoms with Gasteiger partial charge < -0.3 is 19.5 Å². The minimum atomic E-state index is -1.01. The van der Waals surface area contributed by atoms with Gasteiger partial charge in [0.05, 0.1) is 6.61 Å². The molecule has 0 saturated heterocycles. The van der Waals surface area contributed by atoms with Gasteiger partial charge in [-0.25, -0.2) is 0 Å². The fourth-order valence-electron chi connectivity index (χ4n) is 2.02. The first-order chi connectivity index (χ1) is 10.1. The lowest BCUT2D eigenvalue weighted by Crippen LogP contribution is -2.40. The Labute approximate surface area is 123 Å². The summed E-state index contributed by atoms with van der Waals surface area (Å²) in [5, 5.41) is 8.85. The van der Waals surface area contributed by atoms with Gasteiger partial charge in [-0.1, -0.05) is 12.1 Å². The molecule has 0 unspecified atom stereocenters. The predicted octanol–water partition coefficient (Wildman–Crippen LogP) is 1.54. The van der Waals surface area contributed by atoms with Crippen molar-refractivity contribution in [2.75, 3.05) is 19.8 Å². The van der Waals surface area contributed by atoms with Crippen LogP contribution in [0.1, 0.15) is 19.8 Å². The minimum absolute atomic E-state index is 0.0411. The monoisotopic (exact) mass is 293 g/mol. The van der Waals surface area contributed by atoms with Crippen molar-refractivity contribution < 1.29 is 24.2 Å². The van der Waals surface area contributed by atoms with Gasteiger partial charge in [-0.15, -0.1) is 0 Å². The van der Waals surface area contributed by atoms with Crippen molar-refractivity contribution in [2.24, 2.45) is 0 Å². The Morgan fingerprint density at radius 3 is 2.38 bits per heavy atom. The second kappa shape index (κ2) is 6.97. The summed E-state index contributed by atoms with van der Waals surface area (Å²) in [6.07, 6.45) is 1.71. The van der Waals surface area contributed by atoms with Crippen molar-refractivity contribution in [1.82, 2.24) is 4.90 Å². The van der Waals surface area contributed by atoms with Gasteiger partial charge in [0.25, 0.3) is 5.91 Å². The number of carbonyl (C=O) groups excluding carboxylic acids is 1. The van der Waals surface area contributed by atoms with Crippen LogP contribution < -0.4 is 9.47 Å². The number of carboxylic acid groups (broad SMARTS) is 1. The summed E-state index contributed by atoms with van der Waals surface area (Å²) in [5.74, 6) is -0.265. The highest BCUT2D eigenvalue weighted by molar-refractivity contribution is 5.83. The predicted molar refractivity (Wildman–Crippen MR) is 75.5 cm³/mol. The lowest BCUT2D eigenvalue weighted by atomic mass is 10.3. The van der Waals surface area contributed by atoms with E-state index in [0.29, 0.717) is 18.1 Å². The van der Waals surface area contributed by atoms with Crippen molar-refractivity contribution in [3.63, 3.8) is 0 Å². The van der Waals surface area contributed by atoms with E-state index in [1.54, 1.807) is 18.2 Å². The molecular weight excluding hydrogens is 274 g/mol. The van der Waals surface area contributed by atoms with Crippen molar-refractivity contribution in [3.05, 3.63) is 24.3 Å². The molecule has 6 nitrogen and oxygen atoms in total. The van der Waals surface area contributed by atoms with E-state index in [2.05, 4.69) is 0 Å². The molecule has 1 N–H and O–H groups in total. The molecule has 1 fully saturated rings. The number of hydrogen-bond acceptors (Lipinski definition) is 4. The Bertz CT molecular complexity index is 513. The topological polar surface area (TPSA) is 76.1 Å². The van der Waals surface area contributed by atoms with Gasteiger partial charge in [-0.2, -0.15) is 0 Å². The van der Waals surface area contributed by atoms with Crippen LogP contribution in [0, 0.1) is 0 Å². The Morgan fingerprint density at radius 1 is 1.24 bits per heavy atom. The van der Waals surface area contributed by atoms with Crippen LogP contribution in [-0.4, -0.2) is 47.7 Å². The molecule has 0 spiro atoms. The summed E-state index contributed by atoms with van der Waals surface area (Å²) in [4.78, 5) is 24.3. The van der Waals surface area contributed by atoms with Crippen LogP contribution in [0.5, 0.6) is 11.5 Å². The number of benzene rings is 1. The number of nitrogens with zero attached hydrogens (tertiary/aromatic N) is 1. The molecular formula is C15H19NO5. The number of hydrogen-bond donors (Lipinski definition) is 1. The maximum absolute atomic E-state index is 12.1. The normalized spacial score (nSPS) is 13.6. The Hall–Kier alpha value is -2.24. The molecule has 0 atom stereocenters. The summed E-state index contributed by atoms with van der Waals surface area (Å²) < 4.78 is 10.9. The summed E-state index contributed by atoms with van der Waals surface area (Å²) in [6.45, 7) is 1.90.